The smallest absolute Gasteiger partial charge is 0.337 e. The molecular formula is C13H18O4. The Morgan fingerprint density at radius 1 is 1.18 bits per heavy atom. The molecule has 1 unspecified atom stereocenters. The third-order valence-electron chi connectivity index (χ3n) is 2.69. The number of hydrogen-bond donors (Lipinski definition) is 3. The third kappa shape index (κ3) is 4.17. The van der Waals surface area contributed by atoms with Crippen LogP contribution in [0.1, 0.15) is 36.5 Å². The molecule has 1 aromatic carbocycles. The Labute approximate surface area is 101 Å². The number of hydrogen-bond acceptors (Lipinski definition) is 3. The van der Waals surface area contributed by atoms with Crippen molar-refractivity contribution in [2.75, 3.05) is 6.61 Å². The van der Waals surface area contributed by atoms with Crippen LogP contribution in [0.2, 0.25) is 0 Å². The van der Waals surface area contributed by atoms with Gasteiger partial charge in [-0.15, -0.1) is 0 Å². The van der Waals surface area contributed by atoms with Crippen LogP contribution in [0.3, 0.4) is 0 Å². The molecule has 4 heteroatoms. The quantitative estimate of drug-likeness (QED) is 0.629. The number of aliphatic hydroxyl groups is 2. The highest BCUT2D eigenvalue weighted by molar-refractivity contribution is 5.74. The highest BCUT2D eigenvalue weighted by Gasteiger charge is 2.18. The van der Waals surface area contributed by atoms with Gasteiger partial charge < -0.3 is 15.3 Å². The molecule has 1 atom stereocenters. The van der Waals surface area contributed by atoms with Gasteiger partial charge in [0.1, 0.15) is 0 Å². The minimum Gasteiger partial charge on any atom is -0.479 e. The summed E-state index contributed by atoms with van der Waals surface area (Å²) in [7, 11) is 0. The van der Waals surface area contributed by atoms with Crippen molar-refractivity contribution < 1.29 is 20.1 Å². The normalized spacial score (nSPS) is 12.4. The largest absolute Gasteiger partial charge is 0.479 e. The number of aliphatic carboxylic acids is 1. The van der Waals surface area contributed by atoms with E-state index in [0.717, 1.165) is 31.2 Å². The van der Waals surface area contributed by atoms with Gasteiger partial charge in [0, 0.05) is 6.61 Å². The molecular weight excluding hydrogens is 220 g/mol. The summed E-state index contributed by atoms with van der Waals surface area (Å²) in [5, 5.41) is 27.0. The summed E-state index contributed by atoms with van der Waals surface area (Å²) in [4.78, 5) is 10.7. The number of carboxylic acids is 1. The van der Waals surface area contributed by atoms with Crippen LogP contribution in [-0.2, 0) is 11.2 Å². The van der Waals surface area contributed by atoms with E-state index in [9.17, 15) is 9.90 Å². The first-order valence-corrected chi connectivity index (χ1v) is 5.76. The Balaban J connectivity index is 2.67. The first kappa shape index (κ1) is 13.7. The Bertz CT molecular complexity index is 362. The standard InChI is InChI=1S/C13H18O4/c14-9-5-1-2-6-10-7-3-4-8-11(10)12(15)13(16)17/h3-4,7-8,12,14-15H,1-2,5-6,9H2,(H,16,17). The lowest BCUT2D eigenvalue weighted by Crippen LogP contribution is -2.12. The number of carbonyl (C=O) groups is 1. The lowest BCUT2D eigenvalue weighted by molar-refractivity contribution is -0.147. The van der Waals surface area contributed by atoms with Crippen LogP contribution < -0.4 is 0 Å². The molecule has 0 fully saturated rings. The highest BCUT2D eigenvalue weighted by atomic mass is 16.4. The molecule has 0 bridgehead atoms. The molecule has 94 valence electrons. The van der Waals surface area contributed by atoms with Gasteiger partial charge in [0.25, 0.3) is 0 Å². The van der Waals surface area contributed by atoms with Gasteiger partial charge in [0.15, 0.2) is 6.10 Å². The fourth-order valence-electron chi connectivity index (χ4n) is 1.77. The number of benzene rings is 1. The molecule has 0 radical (unpaired) electrons. The topological polar surface area (TPSA) is 77.8 Å². The second-order valence-corrected chi connectivity index (χ2v) is 3.97. The van der Waals surface area contributed by atoms with E-state index < -0.39 is 12.1 Å². The Morgan fingerprint density at radius 3 is 2.53 bits per heavy atom. The summed E-state index contributed by atoms with van der Waals surface area (Å²) in [6.45, 7) is 0.180. The van der Waals surface area contributed by atoms with E-state index >= 15 is 0 Å². The van der Waals surface area contributed by atoms with Crippen LogP contribution in [0.4, 0.5) is 0 Å². The summed E-state index contributed by atoms with van der Waals surface area (Å²) < 4.78 is 0. The number of carboxylic acid groups (broad SMARTS) is 1. The van der Waals surface area contributed by atoms with Crippen molar-refractivity contribution in [2.24, 2.45) is 0 Å². The maximum Gasteiger partial charge on any atom is 0.337 e. The summed E-state index contributed by atoms with van der Waals surface area (Å²) in [6.07, 6.45) is 1.80. The number of rotatable bonds is 7. The van der Waals surface area contributed by atoms with Crippen molar-refractivity contribution in [3.05, 3.63) is 35.4 Å². The Hall–Kier alpha value is -1.39. The van der Waals surface area contributed by atoms with Crippen LogP contribution in [-0.4, -0.2) is 27.9 Å². The minimum atomic E-state index is -1.45. The van der Waals surface area contributed by atoms with Gasteiger partial charge in [-0.2, -0.15) is 0 Å². The molecule has 4 nitrogen and oxygen atoms in total. The average molecular weight is 238 g/mol. The van der Waals surface area contributed by atoms with Crippen molar-refractivity contribution in [1.29, 1.82) is 0 Å². The molecule has 1 rings (SSSR count). The number of aliphatic hydroxyl groups excluding tert-OH is 2. The lowest BCUT2D eigenvalue weighted by atomic mass is 9.97. The van der Waals surface area contributed by atoms with Gasteiger partial charge in [-0.25, -0.2) is 4.79 Å². The zero-order valence-electron chi connectivity index (χ0n) is 9.67. The summed E-state index contributed by atoms with van der Waals surface area (Å²) in [6, 6.07) is 7.03. The second-order valence-electron chi connectivity index (χ2n) is 3.97. The lowest BCUT2D eigenvalue weighted by Gasteiger charge is -2.11. The average Bonchev–Trinajstić information content (AvgIpc) is 2.34. The van der Waals surface area contributed by atoms with E-state index in [4.69, 9.17) is 10.2 Å². The van der Waals surface area contributed by atoms with E-state index in [-0.39, 0.29) is 6.61 Å². The molecule has 0 spiro atoms. The first-order valence-electron chi connectivity index (χ1n) is 5.76. The fraction of sp³-hybridized carbons (Fsp3) is 0.462. The van der Waals surface area contributed by atoms with Crippen LogP contribution in [0.5, 0.6) is 0 Å². The van der Waals surface area contributed by atoms with Gasteiger partial charge in [0.05, 0.1) is 0 Å². The summed E-state index contributed by atoms with van der Waals surface area (Å²) >= 11 is 0. The SMILES string of the molecule is O=C(O)C(O)c1ccccc1CCCCCO. The van der Waals surface area contributed by atoms with E-state index in [1.54, 1.807) is 12.1 Å². The van der Waals surface area contributed by atoms with Gasteiger partial charge >= 0.3 is 5.97 Å². The van der Waals surface area contributed by atoms with Gasteiger partial charge in [-0.1, -0.05) is 30.7 Å². The molecule has 0 heterocycles. The summed E-state index contributed by atoms with van der Waals surface area (Å²) in [5.74, 6) is -1.23. The van der Waals surface area contributed by atoms with Crippen molar-refractivity contribution in [1.82, 2.24) is 0 Å². The van der Waals surface area contributed by atoms with E-state index in [1.807, 2.05) is 12.1 Å². The van der Waals surface area contributed by atoms with Crippen LogP contribution >= 0.6 is 0 Å². The van der Waals surface area contributed by atoms with Gasteiger partial charge in [-0.05, 0) is 30.4 Å². The molecule has 0 saturated carbocycles. The molecule has 1 aromatic rings. The third-order valence-corrected chi connectivity index (χ3v) is 2.69. The highest BCUT2D eigenvalue weighted by Crippen LogP contribution is 2.20. The minimum absolute atomic E-state index is 0.180. The summed E-state index contributed by atoms with van der Waals surface area (Å²) in [5.41, 5.74) is 1.32. The maximum atomic E-state index is 10.7. The molecule has 3 N–H and O–H groups in total. The zero-order chi connectivity index (χ0) is 12.7. The Morgan fingerprint density at radius 2 is 1.88 bits per heavy atom. The maximum absolute atomic E-state index is 10.7. The molecule has 0 saturated heterocycles. The molecule has 0 aliphatic rings. The van der Waals surface area contributed by atoms with Crippen molar-refractivity contribution in [3.8, 4) is 0 Å². The van der Waals surface area contributed by atoms with Crippen molar-refractivity contribution in [3.63, 3.8) is 0 Å². The number of unbranched alkanes of at least 4 members (excludes halogenated alkanes) is 2. The van der Waals surface area contributed by atoms with E-state index in [0.29, 0.717) is 5.56 Å². The molecule has 0 aliphatic heterocycles. The van der Waals surface area contributed by atoms with Crippen LogP contribution in [0.25, 0.3) is 0 Å². The molecule has 0 aromatic heterocycles. The second kappa shape index (κ2) is 7.04. The molecule has 0 amide bonds. The number of aryl methyl sites for hydroxylation is 1. The van der Waals surface area contributed by atoms with Crippen molar-refractivity contribution >= 4 is 5.97 Å². The molecule has 0 aliphatic carbocycles. The van der Waals surface area contributed by atoms with E-state index in [2.05, 4.69) is 0 Å². The van der Waals surface area contributed by atoms with Crippen LogP contribution in [0.15, 0.2) is 24.3 Å². The van der Waals surface area contributed by atoms with Gasteiger partial charge in [0.2, 0.25) is 0 Å². The monoisotopic (exact) mass is 238 g/mol. The first-order chi connectivity index (χ1) is 8.16. The molecule has 17 heavy (non-hydrogen) atoms. The fourth-order valence-corrected chi connectivity index (χ4v) is 1.77. The zero-order valence-corrected chi connectivity index (χ0v) is 9.67. The van der Waals surface area contributed by atoms with E-state index in [1.165, 1.54) is 0 Å². The van der Waals surface area contributed by atoms with Crippen LogP contribution in [0, 0.1) is 0 Å². The van der Waals surface area contributed by atoms with Crippen molar-refractivity contribution in [2.45, 2.75) is 31.8 Å². The van der Waals surface area contributed by atoms with Gasteiger partial charge in [-0.3, -0.25) is 0 Å². The predicted molar refractivity (Wildman–Crippen MR) is 63.7 cm³/mol. The Kier molecular flexibility index (Phi) is 5.66. The predicted octanol–water partition coefficient (Wildman–Crippen LogP) is 1.51.